The van der Waals surface area contributed by atoms with E-state index in [1.54, 1.807) is 36.4 Å². The summed E-state index contributed by atoms with van der Waals surface area (Å²) in [4.78, 5) is 46.2. The molecule has 1 fully saturated rings. The Morgan fingerprint density at radius 1 is 1.47 bits per heavy atom. The maximum absolute atomic E-state index is 13.1. The number of hydrogen-bond donors (Lipinski definition) is 2. The minimum Gasteiger partial charge on any atom is -0.462 e. The first-order valence-corrected chi connectivity index (χ1v) is 9.81. The molecule has 0 spiro atoms. The van der Waals surface area contributed by atoms with Gasteiger partial charge in [-0.25, -0.2) is 9.78 Å². The zero-order valence-corrected chi connectivity index (χ0v) is 16.5. The molecule has 4 heterocycles. The van der Waals surface area contributed by atoms with Crippen LogP contribution in [0.15, 0.2) is 41.7 Å². The van der Waals surface area contributed by atoms with E-state index in [2.05, 4.69) is 9.97 Å². The smallest absolute Gasteiger partial charge is 0.347 e. The van der Waals surface area contributed by atoms with Crippen molar-refractivity contribution in [1.29, 1.82) is 0 Å². The van der Waals surface area contributed by atoms with E-state index in [-0.39, 0.29) is 36.3 Å². The van der Waals surface area contributed by atoms with Gasteiger partial charge in [-0.1, -0.05) is 0 Å². The number of H-pyrrole nitrogens is 1. The molecule has 1 saturated heterocycles. The molecule has 1 atom stereocenters. The Hall–Kier alpha value is -3.62. The highest BCUT2D eigenvalue weighted by Crippen LogP contribution is 2.33. The van der Waals surface area contributed by atoms with Crippen molar-refractivity contribution in [3.63, 3.8) is 0 Å². The number of allylic oxidation sites excluding steroid dienone is 1. The molecular weight excluding hydrogens is 388 g/mol. The first-order chi connectivity index (χ1) is 14.5. The van der Waals surface area contributed by atoms with Crippen LogP contribution in [0.2, 0.25) is 0 Å². The number of rotatable bonds is 5. The molecular formula is C21H22N4O5. The van der Waals surface area contributed by atoms with Crippen LogP contribution in [0.3, 0.4) is 0 Å². The molecule has 1 amide bonds. The molecule has 0 aliphatic carbocycles. The van der Waals surface area contributed by atoms with Gasteiger partial charge < -0.3 is 25.1 Å². The summed E-state index contributed by atoms with van der Waals surface area (Å²) in [6.45, 7) is 2.61. The van der Waals surface area contributed by atoms with Gasteiger partial charge in [-0.15, -0.1) is 0 Å². The van der Waals surface area contributed by atoms with Crippen LogP contribution in [0, 0.1) is 5.92 Å². The van der Waals surface area contributed by atoms with Crippen LogP contribution >= 0.6 is 0 Å². The number of carbonyl (C=O) groups is 3. The second-order valence-electron chi connectivity index (χ2n) is 7.17. The van der Waals surface area contributed by atoms with Crippen LogP contribution in [0.4, 0.5) is 0 Å². The Morgan fingerprint density at radius 3 is 3.07 bits per heavy atom. The number of amides is 1. The van der Waals surface area contributed by atoms with E-state index < -0.39 is 17.7 Å². The van der Waals surface area contributed by atoms with Gasteiger partial charge in [0, 0.05) is 36.4 Å². The number of piperidine rings is 1. The monoisotopic (exact) mass is 410 g/mol. The number of likely N-dealkylation sites (tertiary alicyclic amines) is 1. The number of aromatic nitrogens is 2. The van der Waals surface area contributed by atoms with Crippen molar-refractivity contribution in [2.45, 2.75) is 19.8 Å². The molecule has 30 heavy (non-hydrogen) atoms. The van der Waals surface area contributed by atoms with Crippen molar-refractivity contribution in [3.8, 4) is 0 Å². The van der Waals surface area contributed by atoms with Crippen molar-refractivity contribution < 1.29 is 23.9 Å². The van der Waals surface area contributed by atoms with Gasteiger partial charge in [0.15, 0.2) is 11.3 Å². The Labute approximate surface area is 172 Å². The van der Waals surface area contributed by atoms with E-state index in [9.17, 15) is 14.4 Å². The maximum Gasteiger partial charge on any atom is 0.347 e. The molecule has 4 rings (SSSR count). The number of primary amides is 1. The molecule has 156 valence electrons. The summed E-state index contributed by atoms with van der Waals surface area (Å²) in [5.74, 6) is -1.95. The number of Topliss-reactive ketones (excluding diaryl/α,β-unsaturated/α-hetero) is 1. The van der Waals surface area contributed by atoms with Gasteiger partial charge in [-0.05, 0) is 38.0 Å². The third-order valence-corrected chi connectivity index (χ3v) is 5.23. The average Bonchev–Trinajstić information content (AvgIpc) is 3.30. The molecule has 2 aliphatic heterocycles. The molecule has 0 aromatic carbocycles. The van der Waals surface area contributed by atoms with Crippen molar-refractivity contribution in [1.82, 2.24) is 14.9 Å². The summed E-state index contributed by atoms with van der Waals surface area (Å²) < 4.78 is 11.0. The summed E-state index contributed by atoms with van der Waals surface area (Å²) in [6.07, 6.45) is 6.31. The lowest BCUT2D eigenvalue weighted by atomic mass is 9.97. The van der Waals surface area contributed by atoms with E-state index in [1.807, 2.05) is 6.07 Å². The normalized spacial score (nSPS) is 20.7. The molecule has 0 bridgehead atoms. The Bertz CT molecular complexity index is 1080. The highest BCUT2D eigenvalue weighted by atomic mass is 16.5. The van der Waals surface area contributed by atoms with Crippen LogP contribution in [-0.2, 0) is 23.9 Å². The molecule has 2 aliphatic rings. The lowest BCUT2D eigenvalue weighted by Crippen LogP contribution is -2.41. The number of fused-ring (bicyclic) bond motifs is 1. The lowest BCUT2D eigenvalue weighted by Gasteiger charge is -2.32. The van der Waals surface area contributed by atoms with Crippen molar-refractivity contribution in [2.24, 2.45) is 11.7 Å². The Kier molecular flexibility index (Phi) is 5.26. The Morgan fingerprint density at radius 2 is 2.30 bits per heavy atom. The number of ketones is 1. The molecule has 0 saturated carbocycles. The lowest BCUT2D eigenvalue weighted by molar-refractivity contribution is -0.139. The highest BCUT2D eigenvalue weighted by Gasteiger charge is 2.41. The third kappa shape index (κ3) is 3.54. The number of pyridine rings is 1. The maximum atomic E-state index is 13.1. The van der Waals surface area contributed by atoms with Crippen molar-refractivity contribution in [2.75, 3.05) is 19.7 Å². The van der Waals surface area contributed by atoms with Crippen LogP contribution in [0.25, 0.3) is 17.1 Å². The first-order valence-electron chi connectivity index (χ1n) is 9.81. The fraction of sp³-hybridized carbons (Fsp3) is 0.333. The molecule has 9 heteroatoms. The zero-order chi connectivity index (χ0) is 21.3. The first kappa shape index (κ1) is 19.7. The van der Waals surface area contributed by atoms with E-state index in [0.29, 0.717) is 30.6 Å². The molecule has 2 aromatic rings. The van der Waals surface area contributed by atoms with Crippen LogP contribution < -0.4 is 5.73 Å². The van der Waals surface area contributed by atoms with Gasteiger partial charge in [-0.3, -0.25) is 9.59 Å². The quantitative estimate of drug-likeness (QED) is 0.434. The standard InChI is InChI=1S/C21H22N4O5/c1-2-29-21(28)16-17(26)15(9-13-10-24-19-14(13)6-3-7-23-19)30-20(16)25-8-4-5-12(11-25)18(22)27/h3,6-7,9-10,12H,2,4-5,8,11H2,1H3,(H2,22,27)(H,23,24). The molecule has 2 aromatic heterocycles. The van der Waals surface area contributed by atoms with Gasteiger partial charge in [-0.2, -0.15) is 0 Å². The largest absolute Gasteiger partial charge is 0.462 e. The number of nitrogens with two attached hydrogens (primary N) is 1. The second kappa shape index (κ2) is 8.02. The molecule has 1 unspecified atom stereocenters. The summed E-state index contributed by atoms with van der Waals surface area (Å²) in [5.41, 5.74) is 6.69. The van der Waals surface area contributed by atoms with E-state index in [1.165, 1.54) is 0 Å². The van der Waals surface area contributed by atoms with E-state index in [4.69, 9.17) is 15.2 Å². The fourth-order valence-electron chi connectivity index (χ4n) is 3.75. The highest BCUT2D eigenvalue weighted by molar-refractivity contribution is 6.26. The molecule has 0 radical (unpaired) electrons. The number of aromatic amines is 1. The summed E-state index contributed by atoms with van der Waals surface area (Å²) >= 11 is 0. The molecule has 9 nitrogen and oxygen atoms in total. The predicted octanol–water partition coefficient (Wildman–Crippen LogP) is 1.48. The number of hydrogen-bond acceptors (Lipinski definition) is 7. The van der Waals surface area contributed by atoms with Gasteiger partial charge in [0.25, 0.3) is 0 Å². The van der Waals surface area contributed by atoms with Crippen molar-refractivity contribution >= 4 is 34.8 Å². The van der Waals surface area contributed by atoms with Gasteiger partial charge in [0.05, 0.1) is 12.5 Å². The van der Waals surface area contributed by atoms with Crippen LogP contribution in [0.1, 0.15) is 25.3 Å². The molecule has 3 N–H and O–H groups in total. The predicted molar refractivity (Wildman–Crippen MR) is 107 cm³/mol. The van der Waals surface area contributed by atoms with E-state index in [0.717, 1.165) is 5.39 Å². The van der Waals surface area contributed by atoms with E-state index >= 15 is 0 Å². The Balaban J connectivity index is 1.70. The van der Waals surface area contributed by atoms with Gasteiger partial charge in [0.2, 0.25) is 17.6 Å². The second-order valence-corrected chi connectivity index (χ2v) is 7.17. The van der Waals surface area contributed by atoms with Crippen molar-refractivity contribution in [3.05, 3.63) is 47.3 Å². The third-order valence-electron chi connectivity index (χ3n) is 5.23. The fourth-order valence-corrected chi connectivity index (χ4v) is 3.75. The number of carbonyl (C=O) groups excluding carboxylic acids is 3. The minimum absolute atomic E-state index is 0.0130. The minimum atomic E-state index is -0.748. The number of nitrogens with zero attached hydrogens (tertiary/aromatic N) is 2. The average molecular weight is 410 g/mol. The summed E-state index contributed by atoms with van der Waals surface area (Å²) in [6, 6.07) is 3.66. The van der Waals surface area contributed by atoms with Crippen LogP contribution in [0.5, 0.6) is 0 Å². The SMILES string of the molecule is CCOC(=O)C1=C(N2CCCC(C(N)=O)C2)OC(=Cc2c[nH]c3ncccc23)C1=O. The van der Waals surface area contributed by atoms with Gasteiger partial charge in [0.1, 0.15) is 5.65 Å². The number of nitrogens with one attached hydrogen (secondary N) is 1. The van der Waals surface area contributed by atoms with Gasteiger partial charge >= 0.3 is 5.97 Å². The van der Waals surface area contributed by atoms with Crippen LogP contribution in [-0.4, -0.2) is 52.2 Å². The summed E-state index contributed by atoms with van der Waals surface area (Å²) in [5, 5.41) is 0.819. The number of ether oxygens (including phenoxy) is 2. The number of esters is 1. The topological polar surface area (TPSA) is 128 Å². The zero-order valence-electron chi connectivity index (χ0n) is 16.5. The summed E-state index contributed by atoms with van der Waals surface area (Å²) in [7, 11) is 0.